The van der Waals surface area contributed by atoms with Crippen LogP contribution in [0.5, 0.6) is 0 Å². The van der Waals surface area contributed by atoms with Crippen molar-refractivity contribution in [2.45, 2.75) is 46.0 Å². The largest absolute Gasteiger partial charge is 0.462 e. The van der Waals surface area contributed by atoms with Gasteiger partial charge >= 0.3 is 23.9 Å². The Morgan fingerprint density at radius 2 is 1.41 bits per heavy atom. The lowest BCUT2D eigenvalue weighted by Crippen LogP contribution is -2.52. The van der Waals surface area contributed by atoms with Crippen LogP contribution in [0.3, 0.4) is 0 Å². The summed E-state index contributed by atoms with van der Waals surface area (Å²) in [5, 5.41) is 13.1. The van der Waals surface area contributed by atoms with E-state index in [1.807, 2.05) is 0 Å². The van der Waals surface area contributed by atoms with Gasteiger partial charge in [-0.1, -0.05) is 0 Å². The molecule has 0 saturated carbocycles. The standard InChI is InChI=1S/C19H22N2O11/c1-10(22)29-9-16(30-11(2)23)17(31-12(3)24)18(32-13(4)25)19(26)20-14-5-7-15(8-6-14)21(27)28/h5-8,16-18H,9H2,1-4H3,(H,20,26)/t16-,17-,18-/m0/s1. The maximum atomic E-state index is 12.9. The number of esters is 4. The number of carbonyl (C=O) groups excluding carboxylic acids is 5. The van der Waals surface area contributed by atoms with Crippen molar-refractivity contribution < 1.29 is 47.8 Å². The summed E-state index contributed by atoms with van der Waals surface area (Å²) in [6, 6.07) is 4.71. The minimum atomic E-state index is -1.83. The van der Waals surface area contributed by atoms with Gasteiger partial charge in [-0.2, -0.15) is 0 Å². The minimum absolute atomic E-state index is 0.100. The van der Waals surface area contributed by atoms with Crippen molar-refractivity contribution >= 4 is 41.2 Å². The van der Waals surface area contributed by atoms with Gasteiger partial charge in [-0.3, -0.25) is 34.1 Å². The molecule has 0 radical (unpaired) electrons. The number of nitrogens with one attached hydrogen (secondary N) is 1. The summed E-state index contributed by atoms with van der Waals surface area (Å²) >= 11 is 0. The monoisotopic (exact) mass is 454 g/mol. The third-order valence-corrected chi connectivity index (χ3v) is 3.63. The number of non-ortho nitro benzene ring substituents is 1. The molecule has 13 heteroatoms. The molecule has 0 fully saturated rings. The Morgan fingerprint density at radius 1 is 0.875 bits per heavy atom. The molecule has 0 unspecified atom stereocenters. The van der Waals surface area contributed by atoms with Gasteiger partial charge in [0.25, 0.3) is 11.6 Å². The van der Waals surface area contributed by atoms with Crippen molar-refractivity contribution in [3.63, 3.8) is 0 Å². The van der Waals surface area contributed by atoms with Gasteiger partial charge in [-0.05, 0) is 12.1 Å². The summed E-state index contributed by atoms with van der Waals surface area (Å²) in [5.41, 5.74) is -0.128. The van der Waals surface area contributed by atoms with Crippen LogP contribution in [0.1, 0.15) is 27.7 Å². The molecule has 1 amide bonds. The number of benzene rings is 1. The highest BCUT2D eigenvalue weighted by molar-refractivity contribution is 5.96. The topological polar surface area (TPSA) is 177 Å². The van der Waals surface area contributed by atoms with E-state index in [9.17, 15) is 34.1 Å². The van der Waals surface area contributed by atoms with Gasteiger partial charge in [0.1, 0.15) is 6.61 Å². The third kappa shape index (κ3) is 8.77. The maximum absolute atomic E-state index is 12.9. The second-order valence-electron chi connectivity index (χ2n) is 6.35. The fourth-order valence-corrected chi connectivity index (χ4v) is 2.46. The molecule has 1 aromatic carbocycles. The van der Waals surface area contributed by atoms with E-state index in [0.29, 0.717) is 0 Å². The second kappa shape index (κ2) is 12.0. The van der Waals surface area contributed by atoms with Crippen molar-refractivity contribution in [2.24, 2.45) is 0 Å². The first-order valence-corrected chi connectivity index (χ1v) is 9.11. The van der Waals surface area contributed by atoms with Crippen molar-refractivity contribution in [1.82, 2.24) is 0 Å². The average molecular weight is 454 g/mol. The Hall–Kier alpha value is -4.03. The predicted molar refractivity (Wildman–Crippen MR) is 105 cm³/mol. The van der Waals surface area contributed by atoms with E-state index in [1.165, 1.54) is 12.1 Å². The zero-order valence-corrected chi connectivity index (χ0v) is 17.7. The van der Waals surface area contributed by atoms with Crippen LogP contribution < -0.4 is 5.32 Å². The summed E-state index contributed by atoms with van der Waals surface area (Å²) in [6.45, 7) is 3.50. The summed E-state index contributed by atoms with van der Waals surface area (Å²) < 4.78 is 19.9. The molecule has 1 aromatic rings. The van der Waals surface area contributed by atoms with Gasteiger partial charge in [0, 0.05) is 45.5 Å². The normalized spacial score (nSPS) is 13.0. The molecule has 1 rings (SSSR count). The average Bonchev–Trinajstić information content (AvgIpc) is 2.67. The summed E-state index contributed by atoms with van der Waals surface area (Å²) in [7, 11) is 0. The smallest absolute Gasteiger partial charge is 0.303 e. The number of carbonyl (C=O) groups is 5. The molecule has 1 N–H and O–H groups in total. The molecule has 0 saturated heterocycles. The summed E-state index contributed by atoms with van der Waals surface area (Å²) in [6.07, 6.45) is -5.00. The zero-order valence-electron chi connectivity index (χ0n) is 17.7. The Morgan fingerprint density at radius 3 is 1.84 bits per heavy atom. The number of anilines is 1. The molecule has 0 bridgehead atoms. The van der Waals surface area contributed by atoms with E-state index in [2.05, 4.69) is 5.32 Å². The Kier molecular flexibility index (Phi) is 9.73. The number of hydrogen-bond donors (Lipinski definition) is 1. The molecule has 0 heterocycles. The van der Waals surface area contributed by atoms with E-state index in [4.69, 9.17) is 18.9 Å². The lowest BCUT2D eigenvalue weighted by Gasteiger charge is -2.30. The molecule has 3 atom stereocenters. The highest BCUT2D eigenvalue weighted by atomic mass is 16.6. The van der Waals surface area contributed by atoms with E-state index in [0.717, 1.165) is 39.8 Å². The van der Waals surface area contributed by atoms with Gasteiger partial charge in [-0.25, -0.2) is 0 Å². The molecular formula is C19H22N2O11. The van der Waals surface area contributed by atoms with Crippen LogP contribution in [0, 0.1) is 10.1 Å². The number of nitro benzene ring substituents is 1. The molecular weight excluding hydrogens is 432 g/mol. The summed E-state index contributed by atoms with van der Waals surface area (Å²) in [5.74, 6) is -4.43. The van der Waals surface area contributed by atoms with Crippen molar-refractivity contribution in [3.8, 4) is 0 Å². The van der Waals surface area contributed by atoms with Crippen molar-refractivity contribution in [1.29, 1.82) is 0 Å². The highest BCUT2D eigenvalue weighted by Gasteiger charge is 2.42. The predicted octanol–water partition coefficient (Wildman–Crippen LogP) is 0.892. The molecule has 32 heavy (non-hydrogen) atoms. The number of hydrogen-bond acceptors (Lipinski definition) is 11. The fraction of sp³-hybridized carbons (Fsp3) is 0.421. The molecule has 174 valence electrons. The molecule has 0 aromatic heterocycles. The van der Waals surface area contributed by atoms with Crippen LogP contribution in [0.25, 0.3) is 0 Å². The van der Waals surface area contributed by atoms with Gasteiger partial charge < -0.3 is 24.3 Å². The Bertz CT molecular complexity index is 882. The van der Waals surface area contributed by atoms with E-state index in [1.54, 1.807) is 0 Å². The van der Waals surface area contributed by atoms with Gasteiger partial charge in [0.05, 0.1) is 4.92 Å². The van der Waals surface area contributed by atoms with E-state index in [-0.39, 0.29) is 11.4 Å². The summed E-state index contributed by atoms with van der Waals surface area (Å²) in [4.78, 5) is 69.0. The maximum Gasteiger partial charge on any atom is 0.303 e. The number of ether oxygens (including phenoxy) is 4. The highest BCUT2D eigenvalue weighted by Crippen LogP contribution is 2.19. The second-order valence-corrected chi connectivity index (χ2v) is 6.35. The molecule has 13 nitrogen and oxygen atoms in total. The third-order valence-electron chi connectivity index (χ3n) is 3.63. The molecule has 0 aliphatic rings. The first-order chi connectivity index (χ1) is 14.9. The van der Waals surface area contributed by atoms with Crippen LogP contribution in [0.15, 0.2) is 24.3 Å². The quantitative estimate of drug-likeness (QED) is 0.230. The van der Waals surface area contributed by atoms with Gasteiger partial charge in [-0.15, -0.1) is 0 Å². The first kappa shape index (κ1) is 26.0. The van der Waals surface area contributed by atoms with E-state index >= 15 is 0 Å². The number of nitro groups is 1. The lowest BCUT2D eigenvalue weighted by atomic mass is 10.1. The number of rotatable bonds is 10. The van der Waals surface area contributed by atoms with Crippen LogP contribution in [0.2, 0.25) is 0 Å². The van der Waals surface area contributed by atoms with E-state index < -0.39 is 59.6 Å². The van der Waals surface area contributed by atoms with Gasteiger partial charge in [0.2, 0.25) is 6.10 Å². The molecule has 0 spiro atoms. The fourth-order valence-electron chi connectivity index (χ4n) is 2.46. The molecule has 0 aliphatic carbocycles. The SMILES string of the molecule is CC(=O)OC[C@H](OC(C)=O)[C@H](OC(C)=O)[C@H](OC(C)=O)C(=O)Nc1ccc([N+](=O)[O-])cc1. The number of amides is 1. The molecule has 0 aliphatic heterocycles. The van der Waals surface area contributed by atoms with Crippen LogP contribution in [-0.4, -0.2) is 59.6 Å². The Labute approximate surface area is 182 Å². The van der Waals surface area contributed by atoms with Crippen LogP contribution in [0.4, 0.5) is 11.4 Å². The minimum Gasteiger partial charge on any atom is -0.462 e. The zero-order chi connectivity index (χ0) is 24.4. The number of nitrogens with zero attached hydrogens (tertiary/aromatic N) is 1. The van der Waals surface area contributed by atoms with Crippen molar-refractivity contribution in [2.75, 3.05) is 11.9 Å². The lowest BCUT2D eigenvalue weighted by molar-refractivity contribution is -0.384. The van der Waals surface area contributed by atoms with Gasteiger partial charge in [0.15, 0.2) is 12.2 Å². The van der Waals surface area contributed by atoms with Crippen LogP contribution in [-0.2, 0) is 42.9 Å². The first-order valence-electron chi connectivity index (χ1n) is 9.11. The Balaban J connectivity index is 3.27. The van der Waals surface area contributed by atoms with Crippen LogP contribution >= 0.6 is 0 Å². The van der Waals surface area contributed by atoms with Crippen molar-refractivity contribution in [3.05, 3.63) is 34.4 Å².